The minimum atomic E-state index is -3.54. The highest BCUT2D eigenvalue weighted by atomic mass is 35.5. The van der Waals surface area contributed by atoms with Crippen LogP contribution in [-0.2, 0) is 10.0 Å². The van der Waals surface area contributed by atoms with Crippen molar-refractivity contribution in [3.8, 4) is 0 Å². The van der Waals surface area contributed by atoms with E-state index in [2.05, 4.69) is 15.8 Å². The topological polar surface area (TPSA) is 73.8 Å². The smallest absolute Gasteiger partial charge is 0.242 e. The molecule has 2 aromatic carbocycles. The van der Waals surface area contributed by atoms with Crippen LogP contribution in [-0.4, -0.2) is 38.1 Å². The van der Waals surface area contributed by atoms with Crippen molar-refractivity contribution in [1.82, 2.24) is 9.73 Å². The number of sulfonamides is 1. The van der Waals surface area contributed by atoms with E-state index in [1.807, 2.05) is 6.92 Å². The van der Waals surface area contributed by atoms with E-state index < -0.39 is 10.0 Å². The molecule has 0 aliphatic carbocycles. The molecule has 0 bridgehead atoms. The number of aryl methyl sites for hydroxylation is 1. The normalized spacial score (nSPS) is 11.8. The average molecular weight is 445 g/mol. The minimum Gasteiger partial charge on any atom is -0.331 e. The third kappa shape index (κ3) is 5.40. The fourth-order valence-electron chi connectivity index (χ4n) is 2.05. The monoisotopic (exact) mass is 444 g/mol. The van der Waals surface area contributed by atoms with Gasteiger partial charge < -0.3 is 5.32 Å². The van der Waals surface area contributed by atoms with E-state index >= 15 is 0 Å². The van der Waals surface area contributed by atoms with Crippen molar-refractivity contribution >= 4 is 62.5 Å². The molecule has 144 valence electrons. The summed E-state index contributed by atoms with van der Waals surface area (Å²) in [5.74, 6) is 0. The molecule has 0 saturated carbocycles. The van der Waals surface area contributed by atoms with Crippen molar-refractivity contribution in [1.29, 1.82) is 0 Å². The standard InChI is InChI=1S/C17H18Cl2N4O2S2/c1-11-7-8-12(27(24,25)23(2)3)9-16(11)21-17(26)22-20-10-13-14(18)5-4-6-15(13)19/h4-10H,1-3H3,(H2,21,22,26)/b20-10+. The molecule has 0 unspecified atom stereocenters. The Bertz CT molecular complexity index is 972. The summed E-state index contributed by atoms with van der Waals surface area (Å²) in [5.41, 5.74) is 4.60. The largest absolute Gasteiger partial charge is 0.331 e. The molecule has 10 heteroatoms. The van der Waals surface area contributed by atoms with Crippen LogP contribution >= 0.6 is 35.4 Å². The number of hydrazone groups is 1. The van der Waals surface area contributed by atoms with Gasteiger partial charge in [-0.2, -0.15) is 5.10 Å². The molecule has 0 aliphatic heterocycles. The first kappa shape index (κ1) is 21.6. The molecule has 0 saturated heterocycles. The van der Waals surface area contributed by atoms with E-state index in [0.29, 0.717) is 21.3 Å². The molecule has 6 nitrogen and oxygen atoms in total. The van der Waals surface area contributed by atoms with Gasteiger partial charge in [-0.05, 0) is 49.0 Å². The zero-order valence-corrected chi connectivity index (χ0v) is 18.0. The van der Waals surface area contributed by atoms with Crippen LogP contribution in [0.25, 0.3) is 0 Å². The van der Waals surface area contributed by atoms with Crippen LogP contribution in [0.5, 0.6) is 0 Å². The van der Waals surface area contributed by atoms with Crippen LogP contribution < -0.4 is 10.7 Å². The summed E-state index contributed by atoms with van der Waals surface area (Å²) in [7, 11) is -0.593. The predicted octanol–water partition coefficient (Wildman–Crippen LogP) is 3.87. The van der Waals surface area contributed by atoms with Gasteiger partial charge in [-0.25, -0.2) is 12.7 Å². The maximum absolute atomic E-state index is 12.3. The Morgan fingerprint density at radius 2 is 1.81 bits per heavy atom. The second-order valence-electron chi connectivity index (χ2n) is 5.72. The van der Waals surface area contributed by atoms with Gasteiger partial charge in [0.05, 0.1) is 21.2 Å². The third-order valence-corrected chi connectivity index (χ3v) is 6.26. The molecule has 0 fully saturated rings. The maximum atomic E-state index is 12.3. The van der Waals surface area contributed by atoms with E-state index in [4.69, 9.17) is 35.4 Å². The first-order valence-corrected chi connectivity index (χ1v) is 10.3. The second-order valence-corrected chi connectivity index (χ2v) is 9.10. The third-order valence-electron chi connectivity index (χ3n) is 3.60. The molecule has 0 aliphatic rings. The van der Waals surface area contributed by atoms with Crippen LogP contribution in [0.1, 0.15) is 11.1 Å². The molecule has 0 spiro atoms. The quantitative estimate of drug-likeness (QED) is 0.415. The Balaban J connectivity index is 2.13. The van der Waals surface area contributed by atoms with Crippen molar-refractivity contribution in [2.45, 2.75) is 11.8 Å². The first-order valence-electron chi connectivity index (χ1n) is 7.70. The number of hydrogen-bond acceptors (Lipinski definition) is 4. The highest BCUT2D eigenvalue weighted by Gasteiger charge is 2.18. The molecule has 0 atom stereocenters. The summed E-state index contributed by atoms with van der Waals surface area (Å²) in [5, 5.41) is 8.07. The Kier molecular flexibility index (Phi) is 7.19. The van der Waals surface area contributed by atoms with Crippen LogP contribution in [0, 0.1) is 6.92 Å². The number of nitrogens with zero attached hydrogens (tertiary/aromatic N) is 2. The van der Waals surface area contributed by atoms with Crippen LogP contribution in [0.4, 0.5) is 5.69 Å². The molecule has 2 aromatic rings. The number of nitrogens with one attached hydrogen (secondary N) is 2. The van der Waals surface area contributed by atoms with Crippen molar-refractivity contribution in [2.75, 3.05) is 19.4 Å². The van der Waals surface area contributed by atoms with E-state index in [9.17, 15) is 8.42 Å². The van der Waals surface area contributed by atoms with Crippen molar-refractivity contribution in [2.24, 2.45) is 5.10 Å². The van der Waals surface area contributed by atoms with Crippen LogP contribution in [0.3, 0.4) is 0 Å². The zero-order valence-electron chi connectivity index (χ0n) is 14.8. The lowest BCUT2D eigenvalue weighted by molar-refractivity contribution is 0.521. The van der Waals surface area contributed by atoms with Crippen LogP contribution in [0.15, 0.2) is 46.4 Å². The van der Waals surface area contributed by atoms with Gasteiger partial charge in [-0.15, -0.1) is 0 Å². The Hall–Kier alpha value is -1.71. The Labute approximate surface area is 174 Å². The highest BCUT2D eigenvalue weighted by molar-refractivity contribution is 7.89. The molecule has 2 N–H and O–H groups in total. The van der Waals surface area contributed by atoms with E-state index in [1.54, 1.807) is 30.3 Å². The lowest BCUT2D eigenvalue weighted by atomic mass is 10.2. The Morgan fingerprint density at radius 3 is 2.41 bits per heavy atom. The summed E-state index contributed by atoms with van der Waals surface area (Å²) in [6, 6.07) is 9.90. The molecule has 2 rings (SSSR count). The van der Waals surface area contributed by atoms with Crippen molar-refractivity contribution < 1.29 is 8.42 Å². The van der Waals surface area contributed by atoms with Gasteiger partial charge in [0.2, 0.25) is 10.0 Å². The average Bonchev–Trinajstić information content (AvgIpc) is 2.59. The van der Waals surface area contributed by atoms with E-state index in [0.717, 1.165) is 9.87 Å². The highest BCUT2D eigenvalue weighted by Crippen LogP contribution is 2.23. The molecule has 0 amide bonds. The molecular weight excluding hydrogens is 427 g/mol. The lowest BCUT2D eigenvalue weighted by Crippen LogP contribution is -2.25. The predicted molar refractivity (Wildman–Crippen MR) is 115 cm³/mol. The van der Waals surface area contributed by atoms with E-state index in [1.165, 1.54) is 26.4 Å². The molecular formula is C17H18Cl2N4O2S2. The SMILES string of the molecule is Cc1ccc(S(=O)(=O)N(C)C)cc1NC(=S)N/N=C/c1c(Cl)cccc1Cl. The van der Waals surface area contributed by atoms with Gasteiger partial charge >= 0.3 is 0 Å². The lowest BCUT2D eigenvalue weighted by Gasteiger charge is -2.15. The van der Waals surface area contributed by atoms with Gasteiger partial charge in [0, 0.05) is 25.3 Å². The maximum Gasteiger partial charge on any atom is 0.242 e. The number of hydrogen-bond donors (Lipinski definition) is 2. The molecule has 27 heavy (non-hydrogen) atoms. The summed E-state index contributed by atoms with van der Waals surface area (Å²) >= 11 is 17.3. The number of thiocarbonyl (C=S) groups is 1. The molecule has 0 radical (unpaired) electrons. The van der Waals surface area contributed by atoms with E-state index in [-0.39, 0.29) is 10.0 Å². The fraction of sp³-hybridized carbons (Fsp3) is 0.176. The summed E-state index contributed by atoms with van der Waals surface area (Å²) in [4.78, 5) is 0.162. The van der Waals surface area contributed by atoms with Crippen molar-refractivity contribution in [3.05, 3.63) is 57.6 Å². The van der Waals surface area contributed by atoms with Gasteiger partial charge in [-0.3, -0.25) is 5.43 Å². The second kappa shape index (κ2) is 8.99. The minimum absolute atomic E-state index is 0.162. The fourth-order valence-corrected chi connectivity index (χ4v) is 3.63. The van der Waals surface area contributed by atoms with Gasteiger partial charge in [0.15, 0.2) is 5.11 Å². The van der Waals surface area contributed by atoms with Gasteiger partial charge in [0.1, 0.15) is 0 Å². The number of anilines is 1. The van der Waals surface area contributed by atoms with Crippen LogP contribution in [0.2, 0.25) is 10.0 Å². The first-order chi connectivity index (χ1) is 12.6. The van der Waals surface area contributed by atoms with Gasteiger partial charge in [-0.1, -0.05) is 35.3 Å². The molecule has 0 heterocycles. The number of benzene rings is 2. The van der Waals surface area contributed by atoms with Crippen molar-refractivity contribution in [3.63, 3.8) is 0 Å². The zero-order chi connectivity index (χ0) is 20.2. The number of rotatable bonds is 5. The van der Waals surface area contributed by atoms with Gasteiger partial charge in [0.25, 0.3) is 0 Å². The Morgan fingerprint density at radius 1 is 1.19 bits per heavy atom. The summed E-state index contributed by atoms with van der Waals surface area (Å²) < 4.78 is 25.7. The summed E-state index contributed by atoms with van der Waals surface area (Å²) in [6.07, 6.45) is 1.46. The number of halogens is 2. The summed E-state index contributed by atoms with van der Waals surface area (Å²) in [6.45, 7) is 1.84. The molecule has 0 aromatic heterocycles.